The second kappa shape index (κ2) is 17.2. The van der Waals surface area contributed by atoms with Crippen molar-refractivity contribution >= 4 is 0 Å². The molecule has 34 heavy (non-hydrogen) atoms. The second-order valence-corrected chi connectivity index (χ2v) is 7.60. The molecule has 1 aliphatic heterocycles. The predicted molar refractivity (Wildman–Crippen MR) is 135 cm³/mol. The fraction of sp³-hybridized carbons (Fsp3) is 0.467. The van der Waals surface area contributed by atoms with Crippen LogP contribution in [0, 0.1) is 59.2 Å². The number of benzene rings is 1. The summed E-state index contributed by atoms with van der Waals surface area (Å²) in [6.45, 7) is 1.09. The molecule has 0 atom stereocenters. The number of hydrogen-bond donors (Lipinski definition) is 3. The van der Waals surface area contributed by atoms with Crippen molar-refractivity contribution in [1.29, 1.82) is 0 Å². The number of hydrogen-bond acceptors (Lipinski definition) is 4. The first-order valence-corrected chi connectivity index (χ1v) is 11.8. The van der Waals surface area contributed by atoms with Crippen LogP contribution in [0.4, 0.5) is 0 Å². The SMILES string of the molecule is OCCC#CC#CCCCC#CC#CCCO.OCCC#Cc1c2c(cc3c1CCO3)CCC2. The van der Waals surface area contributed by atoms with Crippen molar-refractivity contribution < 1.29 is 20.1 Å². The van der Waals surface area contributed by atoms with Crippen LogP contribution in [-0.2, 0) is 19.3 Å². The predicted octanol–water partition coefficient (Wildman–Crippen LogP) is 2.78. The molecule has 0 amide bonds. The lowest BCUT2D eigenvalue weighted by Crippen LogP contribution is -1.94. The van der Waals surface area contributed by atoms with Crippen molar-refractivity contribution in [3.63, 3.8) is 0 Å². The van der Waals surface area contributed by atoms with E-state index in [1.54, 1.807) is 0 Å². The summed E-state index contributed by atoms with van der Waals surface area (Å²) in [5, 5.41) is 25.7. The maximum Gasteiger partial charge on any atom is 0.124 e. The van der Waals surface area contributed by atoms with Crippen LogP contribution in [0.1, 0.15) is 67.2 Å². The molecule has 4 nitrogen and oxygen atoms in total. The number of unbranched alkanes of at least 4 members (excludes halogenated alkanes) is 2. The van der Waals surface area contributed by atoms with Gasteiger partial charge in [0.2, 0.25) is 0 Å². The molecule has 0 bridgehead atoms. The highest BCUT2D eigenvalue weighted by Gasteiger charge is 2.23. The van der Waals surface area contributed by atoms with Gasteiger partial charge in [0.05, 0.1) is 26.4 Å². The Balaban J connectivity index is 0.000000240. The number of rotatable bonds is 5. The van der Waals surface area contributed by atoms with E-state index in [1.165, 1.54) is 28.7 Å². The van der Waals surface area contributed by atoms with E-state index in [2.05, 4.69) is 65.3 Å². The van der Waals surface area contributed by atoms with E-state index in [0.717, 1.165) is 50.9 Å². The Morgan fingerprint density at radius 1 is 0.676 bits per heavy atom. The summed E-state index contributed by atoms with van der Waals surface area (Å²) in [5.74, 6) is 29.4. The van der Waals surface area contributed by atoms with Crippen molar-refractivity contribution in [1.82, 2.24) is 0 Å². The van der Waals surface area contributed by atoms with Crippen LogP contribution < -0.4 is 4.74 Å². The van der Waals surface area contributed by atoms with E-state index in [9.17, 15) is 0 Å². The van der Waals surface area contributed by atoms with Crippen molar-refractivity contribution in [2.45, 2.75) is 64.2 Å². The molecular weight excluding hydrogens is 424 g/mol. The topological polar surface area (TPSA) is 69.9 Å². The third-order valence-corrected chi connectivity index (χ3v) is 5.08. The normalized spacial score (nSPS) is 11.5. The molecular formula is C30H32O4. The van der Waals surface area contributed by atoms with Gasteiger partial charge in [0.25, 0.3) is 0 Å². The largest absolute Gasteiger partial charge is 0.493 e. The van der Waals surface area contributed by atoms with E-state index in [4.69, 9.17) is 20.1 Å². The number of fused-ring (bicyclic) bond motifs is 2. The minimum atomic E-state index is 0.0849. The first-order valence-electron chi connectivity index (χ1n) is 11.8. The highest BCUT2D eigenvalue weighted by atomic mass is 16.5. The van der Waals surface area contributed by atoms with Crippen LogP contribution in [0.2, 0.25) is 0 Å². The van der Waals surface area contributed by atoms with Gasteiger partial charge in [0.15, 0.2) is 0 Å². The highest BCUT2D eigenvalue weighted by Crippen LogP contribution is 2.36. The zero-order valence-electron chi connectivity index (χ0n) is 19.7. The van der Waals surface area contributed by atoms with Crippen molar-refractivity contribution in [3.05, 3.63) is 28.3 Å². The van der Waals surface area contributed by atoms with E-state index in [0.29, 0.717) is 19.3 Å². The standard InChI is InChI=1S/2C15H16O2/c16-8-2-1-5-13-12-6-3-4-11(12)10-15-14(13)7-9-17-15;16-14-12-10-8-6-4-2-1-3-5-7-9-11-13-15-17/h10,16H,2-4,6-9H2;16-17H,1-3,12-15H2. The average Bonchev–Trinajstić information content (AvgIpc) is 3.52. The Kier molecular flexibility index (Phi) is 13.6. The lowest BCUT2D eigenvalue weighted by molar-refractivity contribution is 0.304. The van der Waals surface area contributed by atoms with Gasteiger partial charge in [-0.2, -0.15) is 0 Å². The second-order valence-electron chi connectivity index (χ2n) is 7.60. The van der Waals surface area contributed by atoms with Gasteiger partial charge in [-0.25, -0.2) is 0 Å². The lowest BCUT2D eigenvalue weighted by Gasteiger charge is -2.08. The van der Waals surface area contributed by atoms with Crippen LogP contribution in [0.5, 0.6) is 5.75 Å². The number of aliphatic hydroxyl groups excluding tert-OH is 3. The summed E-state index contributed by atoms with van der Waals surface area (Å²) < 4.78 is 5.65. The van der Waals surface area contributed by atoms with Gasteiger partial charge < -0.3 is 20.1 Å². The lowest BCUT2D eigenvalue weighted by atomic mass is 9.96. The maximum atomic E-state index is 8.80. The summed E-state index contributed by atoms with van der Waals surface area (Å²) in [6.07, 6.45) is 8.46. The molecule has 0 saturated carbocycles. The van der Waals surface area contributed by atoms with Crippen molar-refractivity contribution in [2.24, 2.45) is 0 Å². The average molecular weight is 457 g/mol. The molecule has 0 saturated heterocycles. The van der Waals surface area contributed by atoms with Crippen molar-refractivity contribution in [3.8, 4) is 65.0 Å². The Morgan fingerprint density at radius 2 is 1.26 bits per heavy atom. The van der Waals surface area contributed by atoms with Crippen LogP contribution in [0.15, 0.2) is 6.07 Å². The first kappa shape index (κ1) is 26.9. The molecule has 3 rings (SSSR count). The van der Waals surface area contributed by atoms with Gasteiger partial charge in [0.1, 0.15) is 5.75 Å². The Labute approximate surface area is 204 Å². The number of aryl methyl sites for hydroxylation is 1. The Morgan fingerprint density at radius 3 is 1.88 bits per heavy atom. The van der Waals surface area contributed by atoms with Crippen LogP contribution in [0.3, 0.4) is 0 Å². The van der Waals surface area contributed by atoms with E-state index >= 15 is 0 Å². The summed E-state index contributed by atoms with van der Waals surface area (Å²) in [5.41, 5.74) is 5.33. The molecule has 3 N–H and O–H groups in total. The highest BCUT2D eigenvalue weighted by molar-refractivity contribution is 5.59. The van der Waals surface area contributed by atoms with Crippen molar-refractivity contribution in [2.75, 3.05) is 26.4 Å². The molecule has 0 aromatic heterocycles. The third-order valence-electron chi connectivity index (χ3n) is 5.08. The minimum Gasteiger partial charge on any atom is -0.493 e. The first-order chi connectivity index (χ1) is 16.8. The fourth-order valence-corrected chi connectivity index (χ4v) is 3.56. The van der Waals surface area contributed by atoms with E-state index in [-0.39, 0.29) is 19.8 Å². The summed E-state index contributed by atoms with van der Waals surface area (Å²) in [7, 11) is 0. The molecule has 1 aliphatic carbocycles. The molecule has 4 heteroatoms. The van der Waals surface area contributed by atoms with Crippen LogP contribution in [0.25, 0.3) is 0 Å². The monoisotopic (exact) mass is 456 g/mol. The molecule has 0 spiro atoms. The summed E-state index contributed by atoms with van der Waals surface area (Å²) >= 11 is 0. The zero-order valence-corrected chi connectivity index (χ0v) is 19.7. The third kappa shape index (κ3) is 9.68. The minimum absolute atomic E-state index is 0.0849. The Bertz CT molecular complexity index is 1030. The summed E-state index contributed by atoms with van der Waals surface area (Å²) in [6, 6.07) is 2.21. The molecule has 0 radical (unpaired) electrons. The Hall–Kier alpha value is -3.30. The molecule has 0 fully saturated rings. The van der Waals surface area contributed by atoms with Gasteiger partial charge in [-0.3, -0.25) is 0 Å². The smallest absolute Gasteiger partial charge is 0.124 e. The van der Waals surface area contributed by atoms with Crippen LogP contribution >= 0.6 is 0 Å². The molecule has 2 aliphatic rings. The van der Waals surface area contributed by atoms with Crippen LogP contribution in [-0.4, -0.2) is 41.7 Å². The van der Waals surface area contributed by atoms with Gasteiger partial charge >= 0.3 is 0 Å². The van der Waals surface area contributed by atoms with Gasteiger partial charge in [-0.1, -0.05) is 35.5 Å². The molecule has 176 valence electrons. The maximum absolute atomic E-state index is 8.80. The zero-order chi connectivity index (χ0) is 24.3. The molecule has 1 aromatic carbocycles. The summed E-state index contributed by atoms with van der Waals surface area (Å²) in [4.78, 5) is 0. The molecule has 1 aromatic rings. The quantitative estimate of drug-likeness (QED) is 0.471. The van der Waals surface area contributed by atoms with Gasteiger partial charge in [0, 0.05) is 49.7 Å². The molecule has 0 unspecified atom stereocenters. The van der Waals surface area contributed by atoms with Gasteiger partial charge in [-0.15, -0.1) is 0 Å². The number of aliphatic hydroxyl groups is 3. The van der Waals surface area contributed by atoms with E-state index in [1.807, 2.05) is 0 Å². The van der Waals surface area contributed by atoms with E-state index < -0.39 is 0 Å². The fourth-order valence-electron chi connectivity index (χ4n) is 3.56. The van der Waals surface area contributed by atoms with Gasteiger partial charge in [-0.05, 0) is 66.6 Å². The molecule has 1 heterocycles. The number of ether oxygens (including phenoxy) is 1.